The fourth-order valence-corrected chi connectivity index (χ4v) is 3.56. The minimum absolute atomic E-state index is 0.0153. The highest BCUT2D eigenvalue weighted by molar-refractivity contribution is 9.08. The summed E-state index contributed by atoms with van der Waals surface area (Å²) in [5.41, 5.74) is -0.259. The van der Waals surface area contributed by atoms with Crippen LogP contribution in [-0.4, -0.2) is 6.18 Å². The standard InChI is InChI=1S/C17H10BrCl2F4NO/c18-8-10-2-1-9(3-14(10)21)15-7-16(26-25-15,17(22,23)24)11-4-12(19)6-13(20)5-11/h1-7,25H,8H2. The Hall–Kier alpha value is -1.28. The molecule has 0 fully saturated rings. The molecule has 2 aromatic rings. The zero-order valence-corrected chi connectivity index (χ0v) is 15.9. The highest BCUT2D eigenvalue weighted by atomic mass is 79.9. The van der Waals surface area contributed by atoms with Crippen LogP contribution in [0.4, 0.5) is 17.6 Å². The van der Waals surface area contributed by atoms with E-state index in [1.807, 2.05) is 0 Å². The molecule has 1 aliphatic heterocycles. The van der Waals surface area contributed by atoms with Crippen molar-refractivity contribution in [2.75, 3.05) is 0 Å². The molecule has 26 heavy (non-hydrogen) atoms. The fourth-order valence-electron chi connectivity index (χ4n) is 2.58. The normalized spacial score (nSPS) is 20.0. The molecule has 138 valence electrons. The molecule has 0 amide bonds. The van der Waals surface area contributed by atoms with Crippen molar-refractivity contribution in [2.45, 2.75) is 17.1 Å². The molecule has 0 saturated carbocycles. The van der Waals surface area contributed by atoms with Crippen LogP contribution in [-0.2, 0) is 15.8 Å². The van der Waals surface area contributed by atoms with Gasteiger partial charge in [0.1, 0.15) is 5.82 Å². The summed E-state index contributed by atoms with van der Waals surface area (Å²) < 4.78 is 55.6. The molecule has 1 atom stereocenters. The third-order valence-corrected chi connectivity index (χ3v) is 4.93. The van der Waals surface area contributed by atoms with Gasteiger partial charge in [-0.15, -0.1) is 0 Å². The average molecular weight is 471 g/mol. The third-order valence-electron chi connectivity index (χ3n) is 3.89. The molecular weight excluding hydrogens is 461 g/mol. The van der Waals surface area contributed by atoms with Gasteiger partial charge in [-0.05, 0) is 35.9 Å². The number of halogens is 7. The molecular formula is C17H10BrCl2F4NO. The summed E-state index contributed by atoms with van der Waals surface area (Å²) in [6.07, 6.45) is -3.97. The maximum atomic E-state index is 14.0. The highest BCUT2D eigenvalue weighted by Crippen LogP contribution is 2.48. The van der Waals surface area contributed by atoms with Crippen LogP contribution in [0.25, 0.3) is 5.70 Å². The van der Waals surface area contributed by atoms with Crippen molar-refractivity contribution in [3.63, 3.8) is 0 Å². The molecule has 0 bridgehead atoms. The van der Waals surface area contributed by atoms with Gasteiger partial charge in [0.25, 0.3) is 0 Å². The Morgan fingerprint density at radius 1 is 1.08 bits per heavy atom. The lowest BCUT2D eigenvalue weighted by Crippen LogP contribution is -2.42. The van der Waals surface area contributed by atoms with Crippen molar-refractivity contribution in [1.82, 2.24) is 5.48 Å². The number of hydrogen-bond acceptors (Lipinski definition) is 2. The lowest BCUT2D eigenvalue weighted by Gasteiger charge is -2.28. The van der Waals surface area contributed by atoms with E-state index in [0.29, 0.717) is 5.56 Å². The summed E-state index contributed by atoms with van der Waals surface area (Å²) in [4.78, 5) is 4.95. The number of hydrogen-bond donors (Lipinski definition) is 1. The van der Waals surface area contributed by atoms with E-state index in [4.69, 9.17) is 28.0 Å². The van der Waals surface area contributed by atoms with Crippen molar-refractivity contribution >= 4 is 44.8 Å². The molecule has 1 heterocycles. The molecule has 9 heteroatoms. The lowest BCUT2D eigenvalue weighted by atomic mass is 9.91. The van der Waals surface area contributed by atoms with Crippen molar-refractivity contribution in [3.05, 3.63) is 75.0 Å². The number of alkyl halides is 4. The molecule has 1 aliphatic rings. The third kappa shape index (κ3) is 3.45. The minimum Gasteiger partial charge on any atom is -0.265 e. The Balaban J connectivity index is 2.12. The van der Waals surface area contributed by atoms with E-state index in [2.05, 4.69) is 21.4 Å². The summed E-state index contributed by atoms with van der Waals surface area (Å²) in [5.74, 6) is -0.544. The van der Waals surface area contributed by atoms with Gasteiger partial charge in [-0.3, -0.25) is 10.3 Å². The quantitative estimate of drug-likeness (QED) is 0.416. The van der Waals surface area contributed by atoms with E-state index in [1.54, 1.807) is 0 Å². The van der Waals surface area contributed by atoms with Crippen molar-refractivity contribution in [2.24, 2.45) is 0 Å². The molecule has 0 saturated heterocycles. The van der Waals surface area contributed by atoms with Crippen LogP contribution in [0.1, 0.15) is 16.7 Å². The minimum atomic E-state index is -4.82. The van der Waals surface area contributed by atoms with Gasteiger partial charge in [0, 0.05) is 26.5 Å². The van der Waals surface area contributed by atoms with Gasteiger partial charge < -0.3 is 0 Å². The maximum absolute atomic E-state index is 14.0. The smallest absolute Gasteiger partial charge is 0.265 e. The monoisotopic (exact) mass is 469 g/mol. The molecule has 2 aromatic carbocycles. The van der Waals surface area contributed by atoms with Crippen LogP contribution < -0.4 is 5.48 Å². The Morgan fingerprint density at radius 2 is 1.73 bits per heavy atom. The van der Waals surface area contributed by atoms with E-state index in [9.17, 15) is 17.6 Å². The molecule has 0 aromatic heterocycles. The molecule has 0 radical (unpaired) electrons. The summed E-state index contributed by atoms with van der Waals surface area (Å²) in [5, 5.41) is 0.360. The average Bonchev–Trinajstić information content (AvgIpc) is 3.00. The van der Waals surface area contributed by atoms with Crippen LogP contribution in [0.5, 0.6) is 0 Å². The predicted octanol–water partition coefficient (Wildman–Crippen LogP) is 6.36. The van der Waals surface area contributed by atoms with Gasteiger partial charge in [0.2, 0.25) is 5.60 Å². The summed E-state index contributed by atoms with van der Waals surface area (Å²) >= 11 is 14.8. The van der Waals surface area contributed by atoms with E-state index < -0.39 is 17.6 Å². The Kier molecular flexibility index (Phi) is 5.27. The lowest BCUT2D eigenvalue weighted by molar-refractivity contribution is -0.269. The summed E-state index contributed by atoms with van der Waals surface area (Å²) in [7, 11) is 0. The summed E-state index contributed by atoms with van der Waals surface area (Å²) in [6.45, 7) is 0. The molecule has 1 N–H and O–H groups in total. The van der Waals surface area contributed by atoms with Crippen molar-refractivity contribution in [1.29, 1.82) is 0 Å². The Morgan fingerprint density at radius 3 is 2.27 bits per heavy atom. The number of nitrogens with one attached hydrogen (secondary N) is 1. The number of rotatable bonds is 3. The largest absolute Gasteiger partial charge is 0.428 e. The first-order valence-corrected chi connectivity index (χ1v) is 9.09. The van der Waals surface area contributed by atoms with Gasteiger partial charge in [-0.25, -0.2) is 4.39 Å². The topological polar surface area (TPSA) is 21.3 Å². The second-order valence-electron chi connectivity index (χ2n) is 5.59. The molecule has 3 rings (SSSR count). The second-order valence-corrected chi connectivity index (χ2v) is 7.03. The van der Waals surface area contributed by atoms with Crippen LogP contribution in [0, 0.1) is 5.82 Å². The van der Waals surface area contributed by atoms with Crippen LogP contribution in [0.3, 0.4) is 0 Å². The zero-order chi connectivity index (χ0) is 19.1. The highest BCUT2D eigenvalue weighted by Gasteiger charge is 2.59. The van der Waals surface area contributed by atoms with Crippen LogP contribution in [0.15, 0.2) is 42.5 Å². The SMILES string of the molecule is Fc1cc(C2=CC(c3cc(Cl)cc(Cl)c3)(C(F)(F)F)ON2)ccc1CBr. The van der Waals surface area contributed by atoms with E-state index >= 15 is 0 Å². The van der Waals surface area contributed by atoms with Gasteiger partial charge in [-0.2, -0.15) is 13.2 Å². The van der Waals surface area contributed by atoms with Crippen molar-refractivity contribution in [3.8, 4) is 0 Å². The van der Waals surface area contributed by atoms with Gasteiger partial charge in [0.05, 0.1) is 5.70 Å². The molecule has 1 unspecified atom stereocenters. The number of hydroxylamine groups is 1. The van der Waals surface area contributed by atoms with E-state index in [-0.39, 0.29) is 32.2 Å². The molecule has 0 spiro atoms. The van der Waals surface area contributed by atoms with Crippen molar-refractivity contribution < 1.29 is 22.4 Å². The Labute approximate surface area is 164 Å². The Bertz CT molecular complexity index is 867. The molecule has 2 nitrogen and oxygen atoms in total. The predicted molar refractivity (Wildman–Crippen MR) is 95.4 cm³/mol. The van der Waals surface area contributed by atoms with Crippen LogP contribution >= 0.6 is 39.1 Å². The van der Waals surface area contributed by atoms with Gasteiger partial charge in [0.15, 0.2) is 0 Å². The zero-order valence-electron chi connectivity index (χ0n) is 12.8. The van der Waals surface area contributed by atoms with Crippen LogP contribution in [0.2, 0.25) is 10.0 Å². The first-order valence-electron chi connectivity index (χ1n) is 7.21. The van der Waals surface area contributed by atoms with E-state index in [1.165, 1.54) is 18.2 Å². The second kappa shape index (κ2) is 7.03. The first kappa shape index (κ1) is 19.5. The summed E-state index contributed by atoms with van der Waals surface area (Å²) in [6, 6.07) is 7.67. The molecule has 0 aliphatic carbocycles. The van der Waals surface area contributed by atoms with Gasteiger partial charge >= 0.3 is 6.18 Å². The van der Waals surface area contributed by atoms with E-state index in [0.717, 1.165) is 24.3 Å². The first-order chi connectivity index (χ1) is 12.2. The van der Waals surface area contributed by atoms with Gasteiger partial charge in [-0.1, -0.05) is 51.3 Å². The maximum Gasteiger partial charge on any atom is 0.428 e. The number of benzene rings is 2. The fraction of sp³-hybridized carbons (Fsp3) is 0.176.